The topological polar surface area (TPSA) is 0 Å². The molecule has 0 saturated carbocycles. The van der Waals surface area contributed by atoms with E-state index in [-0.39, 0.29) is 10.8 Å². The lowest BCUT2D eigenvalue weighted by molar-refractivity contribution is 0.626. The highest BCUT2D eigenvalue weighted by Crippen LogP contribution is 2.30. The van der Waals surface area contributed by atoms with Crippen molar-refractivity contribution >= 4 is 23.4 Å². The molecular formula is C10H9ClFS. The minimum atomic E-state index is -0.331. The first-order valence-electron chi connectivity index (χ1n) is 4.13. The van der Waals surface area contributed by atoms with Crippen LogP contribution in [0.15, 0.2) is 18.2 Å². The zero-order valence-corrected chi connectivity index (χ0v) is 8.54. The van der Waals surface area contributed by atoms with Crippen molar-refractivity contribution in [3.63, 3.8) is 0 Å². The summed E-state index contributed by atoms with van der Waals surface area (Å²) < 4.78 is 13.0. The lowest BCUT2D eigenvalue weighted by atomic mass is 10.0. The largest absolute Gasteiger partial charge is 0.205 e. The quantitative estimate of drug-likeness (QED) is 0.729. The Kier molecular flexibility index (Phi) is 2.80. The number of halogens is 2. The van der Waals surface area contributed by atoms with Crippen molar-refractivity contribution in [2.75, 3.05) is 11.5 Å². The second-order valence-corrected chi connectivity index (χ2v) is 4.62. The van der Waals surface area contributed by atoms with E-state index in [1.165, 1.54) is 6.07 Å². The zero-order chi connectivity index (χ0) is 9.26. The van der Waals surface area contributed by atoms with E-state index in [9.17, 15) is 4.39 Å². The number of benzene rings is 1. The molecule has 0 nitrogen and oxygen atoms in total. The molecule has 1 saturated heterocycles. The van der Waals surface area contributed by atoms with E-state index in [0.717, 1.165) is 17.1 Å². The Morgan fingerprint density at radius 2 is 2.23 bits per heavy atom. The number of hydrogen-bond donors (Lipinski definition) is 0. The molecule has 1 aliphatic rings. The van der Waals surface area contributed by atoms with Gasteiger partial charge in [0.25, 0.3) is 0 Å². The van der Waals surface area contributed by atoms with Gasteiger partial charge in [-0.15, -0.1) is 0 Å². The van der Waals surface area contributed by atoms with Crippen LogP contribution in [0.25, 0.3) is 0 Å². The summed E-state index contributed by atoms with van der Waals surface area (Å²) in [6.45, 7) is 0. The summed E-state index contributed by atoms with van der Waals surface area (Å²) in [5, 5.41) is 0.195. The van der Waals surface area contributed by atoms with Gasteiger partial charge in [0.2, 0.25) is 0 Å². The average Bonchev–Trinajstić information content (AvgIpc) is 2.04. The van der Waals surface area contributed by atoms with Crippen LogP contribution in [0.2, 0.25) is 5.02 Å². The van der Waals surface area contributed by atoms with Crippen LogP contribution in [0.5, 0.6) is 0 Å². The fraction of sp³-hybridized carbons (Fsp3) is 0.300. The maximum absolute atomic E-state index is 13.0. The zero-order valence-electron chi connectivity index (χ0n) is 6.97. The lowest BCUT2D eigenvalue weighted by Crippen LogP contribution is -2.18. The van der Waals surface area contributed by atoms with Gasteiger partial charge in [-0.25, -0.2) is 4.39 Å². The van der Waals surface area contributed by atoms with E-state index in [1.54, 1.807) is 6.07 Å². The van der Waals surface area contributed by atoms with Gasteiger partial charge in [0.05, 0.1) is 5.02 Å². The van der Waals surface area contributed by atoms with Gasteiger partial charge in [-0.2, -0.15) is 11.8 Å². The first-order valence-corrected chi connectivity index (χ1v) is 5.66. The highest BCUT2D eigenvalue weighted by molar-refractivity contribution is 8.00. The number of thioether (sulfide) groups is 1. The van der Waals surface area contributed by atoms with Crippen molar-refractivity contribution in [1.29, 1.82) is 0 Å². The highest BCUT2D eigenvalue weighted by atomic mass is 35.5. The van der Waals surface area contributed by atoms with Gasteiger partial charge in [0.1, 0.15) is 5.82 Å². The van der Waals surface area contributed by atoms with Crippen LogP contribution in [0.1, 0.15) is 5.56 Å². The fourth-order valence-corrected chi connectivity index (χ4v) is 2.06. The van der Waals surface area contributed by atoms with E-state index in [4.69, 9.17) is 11.6 Å². The summed E-state index contributed by atoms with van der Waals surface area (Å²) in [7, 11) is 0. The predicted molar refractivity (Wildman–Crippen MR) is 55.6 cm³/mol. The molecule has 0 N–H and O–H groups in total. The summed E-state index contributed by atoms with van der Waals surface area (Å²) in [4.78, 5) is 0. The van der Waals surface area contributed by atoms with Crippen molar-refractivity contribution in [3.05, 3.63) is 41.0 Å². The van der Waals surface area contributed by atoms with E-state index in [1.807, 2.05) is 17.8 Å². The summed E-state index contributed by atoms with van der Waals surface area (Å²) >= 11 is 7.49. The van der Waals surface area contributed by atoms with Crippen LogP contribution >= 0.6 is 23.4 Å². The van der Waals surface area contributed by atoms with Crippen molar-refractivity contribution in [1.82, 2.24) is 0 Å². The number of rotatable bonds is 2. The SMILES string of the molecule is Fc1cc([CH]C2CSC2)ccc1Cl. The third-order valence-corrected chi connectivity index (χ3v) is 3.67. The summed E-state index contributed by atoms with van der Waals surface area (Å²) in [5.41, 5.74) is 0.937. The van der Waals surface area contributed by atoms with Crippen molar-refractivity contribution in [2.24, 2.45) is 5.92 Å². The normalized spacial score (nSPS) is 17.1. The Hall–Kier alpha value is -0.210. The van der Waals surface area contributed by atoms with Crippen LogP contribution < -0.4 is 0 Å². The van der Waals surface area contributed by atoms with Gasteiger partial charge in [0, 0.05) is 0 Å². The molecule has 0 spiro atoms. The lowest BCUT2D eigenvalue weighted by Gasteiger charge is -2.24. The Morgan fingerprint density at radius 3 is 2.77 bits per heavy atom. The van der Waals surface area contributed by atoms with E-state index >= 15 is 0 Å². The minimum absolute atomic E-state index is 0.195. The summed E-state index contributed by atoms with van der Waals surface area (Å²) in [6, 6.07) is 4.95. The van der Waals surface area contributed by atoms with Crippen molar-refractivity contribution < 1.29 is 4.39 Å². The predicted octanol–water partition coefficient (Wildman–Crippen LogP) is 3.39. The molecule has 1 aromatic rings. The van der Waals surface area contributed by atoms with E-state index in [0.29, 0.717) is 5.92 Å². The van der Waals surface area contributed by atoms with Crippen LogP contribution in [0, 0.1) is 18.2 Å². The maximum Gasteiger partial charge on any atom is 0.142 e. The summed E-state index contributed by atoms with van der Waals surface area (Å²) in [5.74, 6) is 2.60. The second-order valence-electron chi connectivity index (χ2n) is 3.14. The van der Waals surface area contributed by atoms with Crippen LogP contribution in [-0.2, 0) is 0 Å². The van der Waals surface area contributed by atoms with Gasteiger partial charge in [-0.3, -0.25) is 0 Å². The first kappa shape index (κ1) is 9.35. The monoisotopic (exact) mass is 215 g/mol. The standard InChI is InChI=1S/C10H9ClFS/c11-9-2-1-7(4-10(9)12)3-8-5-13-6-8/h1-4,8H,5-6H2. The van der Waals surface area contributed by atoms with Crippen LogP contribution in [0.4, 0.5) is 4.39 Å². The van der Waals surface area contributed by atoms with E-state index < -0.39 is 0 Å². The Labute approximate surface area is 86.5 Å². The smallest absolute Gasteiger partial charge is 0.142 e. The molecule has 69 valence electrons. The molecule has 1 heterocycles. The van der Waals surface area contributed by atoms with Crippen LogP contribution in [0.3, 0.4) is 0 Å². The third kappa shape index (κ3) is 2.18. The summed E-state index contributed by atoms with van der Waals surface area (Å²) in [6.07, 6.45) is 2.11. The van der Waals surface area contributed by atoms with E-state index in [2.05, 4.69) is 6.42 Å². The molecule has 1 radical (unpaired) electrons. The van der Waals surface area contributed by atoms with Gasteiger partial charge in [-0.1, -0.05) is 17.7 Å². The fourth-order valence-electron chi connectivity index (χ4n) is 1.24. The Morgan fingerprint density at radius 1 is 1.46 bits per heavy atom. The Bertz CT molecular complexity index is 310. The molecule has 0 amide bonds. The van der Waals surface area contributed by atoms with Gasteiger partial charge in [0.15, 0.2) is 0 Å². The molecule has 1 fully saturated rings. The van der Waals surface area contributed by atoms with Crippen molar-refractivity contribution in [3.8, 4) is 0 Å². The molecule has 3 heteroatoms. The van der Waals surface area contributed by atoms with Gasteiger partial charge < -0.3 is 0 Å². The maximum atomic E-state index is 13.0. The van der Waals surface area contributed by atoms with Crippen molar-refractivity contribution in [2.45, 2.75) is 0 Å². The van der Waals surface area contributed by atoms with Gasteiger partial charge >= 0.3 is 0 Å². The van der Waals surface area contributed by atoms with Gasteiger partial charge in [-0.05, 0) is 41.5 Å². The third-order valence-electron chi connectivity index (χ3n) is 2.04. The molecule has 0 bridgehead atoms. The van der Waals surface area contributed by atoms with Crippen LogP contribution in [-0.4, -0.2) is 11.5 Å². The molecule has 0 aromatic heterocycles. The molecule has 0 aliphatic carbocycles. The Balaban J connectivity index is 2.07. The second kappa shape index (κ2) is 3.89. The molecule has 2 rings (SSSR count). The molecule has 0 unspecified atom stereocenters. The molecule has 0 atom stereocenters. The highest BCUT2D eigenvalue weighted by Gasteiger charge is 2.18. The molecule has 13 heavy (non-hydrogen) atoms. The minimum Gasteiger partial charge on any atom is -0.205 e. The first-order chi connectivity index (χ1) is 6.25. The number of hydrogen-bond acceptors (Lipinski definition) is 1. The molecular weight excluding hydrogens is 207 g/mol. The molecule has 1 aromatic carbocycles. The average molecular weight is 216 g/mol. The molecule has 1 aliphatic heterocycles.